The maximum Gasteiger partial charge on any atom is 0.0703 e. The highest BCUT2D eigenvalue weighted by molar-refractivity contribution is 5.23. The van der Waals surface area contributed by atoms with E-state index in [1.54, 1.807) is 0 Å². The summed E-state index contributed by atoms with van der Waals surface area (Å²) in [6.07, 6.45) is 2.69. The van der Waals surface area contributed by atoms with E-state index in [4.69, 9.17) is 4.74 Å². The Morgan fingerprint density at radius 3 is 2.85 bits per heavy atom. The number of hydrogen-bond donors (Lipinski definition) is 1. The molecule has 1 fully saturated rings. The smallest absolute Gasteiger partial charge is 0.0703 e. The predicted molar refractivity (Wildman–Crippen MR) is 83.7 cm³/mol. The Bertz CT molecular complexity index is 408. The van der Waals surface area contributed by atoms with Gasteiger partial charge in [-0.05, 0) is 44.5 Å². The molecule has 0 bridgehead atoms. The van der Waals surface area contributed by atoms with E-state index in [0.717, 1.165) is 32.7 Å². The lowest BCUT2D eigenvalue weighted by atomic mass is 10.1. The van der Waals surface area contributed by atoms with Gasteiger partial charge in [-0.25, -0.2) is 0 Å². The molecule has 2 unspecified atom stereocenters. The van der Waals surface area contributed by atoms with Gasteiger partial charge in [0.15, 0.2) is 0 Å². The van der Waals surface area contributed by atoms with E-state index in [0.29, 0.717) is 12.1 Å². The summed E-state index contributed by atoms with van der Waals surface area (Å²) in [6, 6.07) is 9.46. The molecule has 0 spiro atoms. The van der Waals surface area contributed by atoms with Crippen molar-refractivity contribution in [2.24, 2.45) is 0 Å². The molecule has 0 amide bonds. The molecule has 0 saturated carbocycles. The van der Waals surface area contributed by atoms with Crippen molar-refractivity contribution >= 4 is 0 Å². The highest BCUT2D eigenvalue weighted by atomic mass is 16.5. The van der Waals surface area contributed by atoms with Gasteiger partial charge in [0.1, 0.15) is 0 Å². The van der Waals surface area contributed by atoms with Crippen LogP contribution in [0.15, 0.2) is 24.3 Å². The highest BCUT2D eigenvalue weighted by Gasteiger charge is 2.27. The summed E-state index contributed by atoms with van der Waals surface area (Å²) >= 11 is 0. The summed E-state index contributed by atoms with van der Waals surface area (Å²) in [5.74, 6) is 0. The van der Waals surface area contributed by atoms with Crippen LogP contribution in [0, 0.1) is 0 Å². The van der Waals surface area contributed by atoms with Gasteiger partial charge in [-0.3, -0.25) is 4.90 Å². The van der Waals surface area contributed by atoms with E-state index >= 15 is 0 Å². The van der Waals surface area contributed by atoms with E-state index < -0.39 is 0 Å². The summed E-state index contributed by atoms with van der Waals surface area (Å²) in [5, 5.41) is 3.46. The van der Waals surface area contributed by atoms with Gasteiger partial charge in [0.05, 0.1) is 6.10 Å². The van der Waals surface area contributed by atoms with Crippen molar-refractivity contribution in [1.82, 2.24) is 10.2 Å². The molecule has 3 nitrogen and oxygen atoms in total. The van der Waals surface area contributed by atoms with Crippen molar-refractivity contribution < 1.29 is 4.74 Å². The third kappa shape index (κ3) is 4.30. The van der Waals surface area contributed by atoms with Crippen LogP contribution in [0.4, 0.5) is 0 Å². The molecule has 1 saturated heterocycles. The molecule has 1 N–H and O–H groups in total. The number of benzene rings is 1. The molecule has 1 heterocycles. The molecule has 1 aliphatic rings. The number of likely N-dealkylation sites (N-methyl/N-ethyl adjacent to an activating group) is 1. The Labute approximate surface area is 123 Å². The Hall–Kier alpha value is -0.900. The van der Waals surface area contributed by atoms with Crippen LogP contribution in [0.2, 0.25) is 0 Å². The van der Waals surface area contributed by atoms with E-state index in [2.05, 4.69) is 55.4 Å². The third-order valence-electron chi connectivity index (χ3n) is 4.08. The monoisotopic (exact) mass is 276 g/mol. The largest absolute Gasteiger partial charge is 0.377 e. The molecule has 2 rings (SSSR count). The SMILES string of the molecule is CCCNCc1cccc(CN(C)C2CCOC2C)c1. The molecule has 1 aliphatic heterocycles. The molecule has 0 radical (unpaired) electrons. The third-order valence-corrected chi connectivity index (χ3v) is 4.08. The van der Waals surface area contributed by atoms with Gasteiger partial charge in [-0.15, -0.1) is 0 Å². The van der Waals surface area contributed by atoms with Crippen LogP contribution in [0.3, 0.4) is 0 Å². The zero-order chi connectivity index (χ0) is 14.4. The quantitative estimate of drug-likeness (QED) is 0.775. The fourth-order valence-corrected chi connectivity index (χ4v) is 2.95. The van der Waals surface area contributed by atoms with Crippen molar-refractivity contribution in [2.45, 2.75) is 51.9 Å². The highest BCUT2D eigenvalue weighted by Crippen LogP contribution is 2.20. The fraction of sp³-hybridized carbons (Fsp3) is 0.647. The molecule has 3 heteroatoms. The second-order valence-corrected chi connectivity index (χ2v) is 5.84. The molecular formula is C17H28N2O. The van der Waals surface area contributed by atoms with Crippen molar-refractivity contribution in [2.75, 3.05) is 20.2 Å². The molecule has 1 aromatic rings. The van der Waals surface area contributed by atoms with Gasteiger partial charge in [0, 0.05) is 25.7 Å². The van der Waals surface area contributed by atoms with Crippen LogP contribution in [0.5, 0.6) is 0 Å². The van der Waals surface area contributed by atoms with Crippen molar-refractivity contribution in [3.8, 4) is 0 Å². The molecule has 0 aliphatic carbocycles. The van der Waals surface area contributed by atoms with E-state index in [1.165, 1.54) is 17.5 Å². The molecule has 0 aromatic heterocycles. The predicted octanol–water partition coefficient (Wildman–Crippen LogP) is 2.80. The van der Waals surface area contributed by atoms with Crippen molar-refractivity contribution in [3.05, 3.63) is 35.4 Å². The van der Waals surface area contributed by atoms with Crippen molar-refractivity contribution in [3.63, 3.8) is 0 Å². The van der Waals surface area contributed by atoms with Crippen LogP contribution in [-0.4, -0.2) is 37.2 Å². The Kier molecular flexibility index (Phi) is 6.02. The number of nitrogens with one attached hydrogen (secondary N) is 1. The van der Waals surface area contributed by atoms with Crippen LogP contribution in [0.1, 0.15) is 37.8 Å². The molecular weight excluding hydrogens is 248 g/mol. The van der Waals surface area contributed by atoms with Crippen LogP contribution < -0.4 is 5.32 Å². The lowest BCUT2D eigenvalue weighted by Gasteiger charge is -2.26. The minimum atomic E-state index is 0.356. The number of ether oxygens (including phenoxy) is 1. The lowest BCUT2D eigenvalue weighted by Crippen LogP contribution is -2.36. The Morgan fingerprint density at radius 2 is 2.15 bits per heavy atom. The van der Waals surface area contributed by atoms with E-state index in [-0.39, 0.29) is 0 Å². The van der Waals surface area contributed by atoms with Gasteiger partial charge in [0.25, 0.3) is 0 Å². The van der Waals surface area contributed by atoms with Gasteiger partial charge in [-0.2, -0.15) is 0 Å². The van der Waals surface area contributed by atoms with Crippen LogP contribution in [-0.2, 0) is 17.8 Å². The summed E-state index contributed by atoms with van der Waals surface area (Å²) in [6.45, 7) is 8.33. The first-order valence-corrected chi connectivity index (χ1v) is 7.81. The normalized spacial score (nSPS) is 22.6. The van der Waals surface area contributed by atoms with E-state index in [1.807, 2.05) is 0 Å². The molecule has 2 atom stereocenters. The Morgan fingerprint density at radius 1 is 1.35 bits per heavy atom. The van der Waals surface area contributed by atoms with Crippen molar-refractivity contribution in [1.29, 1.82) is 0 Å². The molecule has 20 heavy (non-hydrogen) atoms. The van der Waals surface area contributed by atoms with E-state index in [9.17, 15) is 0 Å². The number of nitrogens with zero attached hydrogens (tertiary/aromatic N) is 1. The number of hydrogen-bond acceptors (Lipinski definition) is 3. The van der Waals surface area contributed by atoms with Crippen LogP contribution in [0.25, 0.3) is 0 Å². The topological polar surface area (TPSA) is 24.5 Å². The summed E-state index contributed by atoms with van der Waals surface area (Å²) in [4.78, 5) is 2.43. The molecule has 1 aromatic carbocycles. The summed E-state index contributed by atoms with van der Waals surface area (Å²) in [7, 11) is 2.21. The standard InChI is InChI=1S/C17H28N2O/c1-4-9-18-12-15-6-5-7-16(11-15)13-19(3)17-8-10-20-14(17)2/h5-7,11,14,17-18H,4,8-10,12-13H2,1-3H3. The maximum atomic E-state index is 5.66. The minimum absolute atomic E-state index is 0.356. The van der Waals surface area contributed by atoms with Gasteiger partial charge >= 0.3 is 0 Å². The molecule has 112 valence electrons. The van der Waals surface area contributed by atoms with Gasteiger partial charge in [0.2, 0.25) is 0 Å². The second kappa shape index (κ2) is 7.77. The Balaban J connectivity index is 1.90. The van der Waals surface area contributed by atoms with Gasteiger partial charge in [-0.1, -0.05) is 31.2 Å². The fourth-order valence-electron chi connectivity index (χ4n) is 2.95. The second-order valence-electron chi connectivity index (χ2n) is 5.84. The average Bonchev–Trinajstić information content (AvgIpc) is 2.86. The first-order valence-electron chi connectivity index (χ1n) is 7.81. The van der Waals surface area contributed by atoms with Gasteiger partial charge < -0.3 is 10.1 Å². The minimum Gasteiger partial charge on any atom is -0.377 e. The number of rotatable bonds is 7. The van der Waals surface area contributed by atoms with Crippen LogP contribution >= 0.6 is 0 Å². The zero-order valence-corrected chi connectivity index (χ0v) is 13.1. The maximum absolute atomic E-state index is 5.66. The summed E-state index contributed by atoms with van der Waals surface area (Å²) < 4.78 is 5.66. The average molecular weight is 276 g/mol. The first-order chi connectivity index (χ1) is 9.70. The lowest BCUT2D eigenvalue weighted by molar-refractivity contribution is 0.0814. The zero-order valence-electron chi connectivity index (χ0n) is 13.1. The summed E-state index contributed by atoms with van der Waals surface area (Å²) in [5.41, 5.74) is 2.77. The first kappa shape index (κ1) is 15.5.